The first-order valence-corrected chi connectivity index (χ1v) is 28.4. The topological polar surface area (TPSA) is 204 Å². The second kappa shape index (κ2) is 21.7. The van der Waals surface area contributed by atoms with Gasteiger partial charge < -0.3 is 38.3 Å². The third-order valence-corrected chi connectivity index (χ3v) is 19.7. The molecule has 6 saturated carbocycles. The van der Waals surface area contributed by atoms with Gasteiger partial charge in [-0.2, -0.15) is 0 Å². The van der Waals surface area contributed by atoms with Gasteiger partial charge in [-0.1, -0.05) is 48.5 Å². The standard InChI is InChI=1S/C19H28O5.C16H26O3.C13H18O5.C11H22O2/c1-6-19(4,5)24-17(21)13-8-11-7-12(13)14(9(11)2)15-10(3)16(20)23-18(15)22;1-4-14(2,3)13(17)19-16-8-11-5-12(9-16)7-15(18,6-11)10-16;1-4-13(2,3)12(15)18-9-7-5-6-8(16-7)10(9)17-11(6)14;1-7-10(3,4)9(12)13-11(5,6)8-2/h9-15H,6-8H2,1-5H3;11-12,18H,4-10H2,1-3H3;6-10H,4-5H2,1-3H3;7-8H2,1-6H3. The fourth-order valence-electron chi connectivity index (χ4n) is 13.2. The van der Waals surface area contributed by atoms with E-state index in [4.69, 9.17) is 33.2 Å². The lowest BCUT2D eigenvalue weighted by Crippen LogP contribution is -2.61. The third kappa shape index (κ3) is 12.4. The van der Waals surface area contributed by atoms with Gasteiger partial charge in [0.05, 0.1) is 51.6 Å². The number of carbonyl (C=O) groups excluding carboxylic acids is 7. The molecule has 15 heteroatoms. The van der Waals surface area contributed by atoms with E-state index in [1.54, 1.807) is 6.92 Å². The van der Waals surface area contributed by atoms with Crippen molar-refractivity contribution in [2.45, 2.75) is 254 Å². The molecule has 1 N–H and O–H groups in total. The largest absolute Gasteiger partial charge is 0.459 e. The van der Waals surface area contributed by atoms with Crippen molar-refractivity contribution in [3.8, 4) is 0 Å². The second-order valence-electron chi connectivity index (χ2n) is 27.3. The van der Waals surface area contributed by atoms with Crippen LogP contribution in [0.1, 0.15) is 208 Å². The molecule has 4 aliphatic heterocycles. The highest BCUT2D eigenvalue weighted by atomic mass is 16.7. The normalized spacial score (nSPS) is 37.1. The van der Waals surface area contributed by atoms with Gasteiger partial charge in [0, 0.05) is 6.42 Å². The van der Waals surface area contributed by atoms with Crippen molar-refractivity contribution in [1.82, 2.24) is 0 Å². The van der Waals surface area contributed by atoms with Crippen LogP contribution < -0.4 is 0 Å². The summed E-state index contributed by atoms with van der Waals surface area (Å²) in [6.07, 6.45) is 10.8. The van der Waals surface area contributed by atoms with Crippen LogP contribution in [0.3, 0.4) is 0 Å². The number of ether oxygens (including phenoxy) is 7. The van der Waals surface area contributed by atoms with Gasteiger partial charge in [-0.25, -0.2) is 0 Å². The minimum atomic E-state index is -0.555. The summed E-state index contributed by atoms with van der Waals surface area (Å²) in [7, 11) is 0. The number of hydrogen-bond donors (Lipinski definition) is 1. The Hall–Kier alpha value is -3.59. The molecule has 10 fully saturated rings. The number of fused-ring (bicyclic) bond motifs is 3. The van der Waals surface area contributed by atoms with Gasteiger partial charge in [0.25, 0.3) is 0 Å². The molecular weight excluding hydrogens is 949 g/mol. The summed E-state index contributed by atoms with van der Waals surface area (Å²) in [4.78, 5) is 84.3. The predicted molar refractivity (Wildman–Crippen MR) is 274 cm³/mol. The van der Waals surface area contributed by atoms with Crippen molar-refractivity contribution in [3.63, 3.8) is 0 Å². The summed E-state index contributed by atoms with van der Waals surface area (Å²) in [5.74, 6) is -0.669. The highest BCUT2D eigenvalue weighted by molar-refractivity contribution is 5.96. The van der Waals surface area contributed by atoms with E-state index < -0.39 is 58.0 Å². The summed E-state index contributed by atoms with van der Waals surface area (Å²) < 4.78 is 38.4. The van der Waals surface area contributed by atoms with E-state index in [-0.39, 0.29) is 82.3 Å². The number of aliphatic hydroxyl groups is 1. The Kier molecular flexibility index (Phi) is 17.5. The van der Waals surface area contributed by atoms with Gasteiger partial charge in [-0.3, -0.25) is 33.6 Å². The zero-order chi connectivity index (χ0) is 55.5. The summed E-state index contributed by atoms with van der Waals surface area (Å²) in [6, 6.07) is 0. The summed E-state index contributed by atoms with van der Waals surface area (Å²) >= 11 is 0. The average molecular weight is 1040 g/mol. The van der Waals surface area contributed by atoms with Gasteiger partial charge in [0.15, 0.2) is 12.2 Å². The van der Waals surface area contributed by atoms with E-state index in [1.807, 2.05) is 104 Å². The number of esters is 7. The fraction of sp³-hybridized carbons (Fsp3) is 0.881. The number of carbonyl (C=O) groups is 7. The van der Waals surface area contributed by atoms with Gasteiger partial charge in [0.1, 0.15) is 22.9 Å². The van der Waals surface area contributed by atoms with Crippen LogP contribution >= 0.6 is 0 Å². The van der Waals surface area contributed by atoms with Gasteiger partial charge in [-0.15, -0.1) is 0 Å². The van der Waals surface area contributed by atoms with Crippen LogP contribution in [0.15, 0.2) is 0 Å². The molecule has 8 bridgehead atoms. The maximum atomic E-state index is 12.7. The van der Waals surface area contributed by atoms with Crippen molar-refractivity contribution in [2.24, 2.45) is 75.4 Å². The fourth-order valence-corrected chi connectivity index (χ4v) is 13.2. The van der Waals surface area contributed by atoms with Gasteiger partial charge in [-0.05, 0) is 188 Å². The molecule has 4 heterocycles. The molecule has 10 aliphatic rings. The SMILES string of the molecule is CCC(C)(C)C(=O)OC12CC3CC(CC(O)(C3)C1)C2.CCC(C)(C)C(=O)OC1C2CC3C(=O)OC1C3O2.CCC(C)(C)OC(=O)C(C)(C)CC.CCC(C)(C)OC(=O)C1CC2CC1C(C1C(=O)OC(=O)C1C)C2C. The lowest BCUT2D eigenvalue weighted by Gasteiger charge is -2.59. The highest BCUT2D eigenvalue weighted by Crippen LogP contribution is 2.61. The van der Waals surface area contributed by atoms with Crippen LogP contribution in [0.4, 0.5) is 0 Å². The van der Waals surface area contributed by atoms with Crippen molar-refractivity contribution in [3.05, 3.63) is 0 Å². The van der Waals surface area contributed by atoms with Crippen molar-refractivity contribution < 1.29 is 71.8 Å². The number of cyclic esters (lactones) is 2. The molecule has 74 heavy (non-hydrogen) atoms. The molecule has 0 aromatic heterocycles. The molecule has 0 radical (unpaired) electrons. The molecule has 14 unspecified atom stereocenters. The van der Waals surface area contributed by atoms with E-state index in [1.165, 1.54) is 6.42 Å². The van der Waals surface area contributed by atoms with Crippen LogP contribution in [0.2, 0.25) is 0 Å². The van der Waals surface area contributed by atoms with Gasteiger partial charge in [0.2, 0.25) is 0 Å². The van der Waals surface area contributed by atoms with E-state index >= 15 is 0 Å². The first-order chi connectivity index (χ1) is 34.1. The van der Waals surface area contributed by atoms with Crippen molar-refractivity contribution in [1.29, 1.82) is 0 Å². The van der Waals surface area contributed by atoms with Crippen molar-refractivity contribution in [2.75, 3.05) is 0 Å². The molecule has 0 aromatic carbocycles. The second-order valence-corrected chi connectivity index (χ2v) is 27.3. The van der Waals surface area contributed by atoms with Crippen LogP contribution in [0.5, 0.6) is 0 Å². The van der Waals surface area contributed by atoms with E-state index in [0.29, 0.717) is 42.9 Å². The van der Waals surface area contributed by atoms with E-state index in [2.05, 4.69) is 6.92 Å². The molecule has 0 aromatic rings. The third-order valence-electron chi connectivity index (χ3n) is 19.7. The number of hydrogen-bond acceptors (Lipinski definition) is 15. The molecule has 4 saturated heterocycles. The van der Waals surface area contributed by atoms with Crippen LogP contribution in [-0.4, -0.2) is 93.7 Å². The first-order valence-electron chi connectivity index (χ1n) is 28.4. The lowest BCUT2D eigenvalue weighted by molar-refractivity contribution is -0.225. The quantitative estimate of drug-likeness (QED) is 0.0976. The van der Waals surface area contributed by atoms with Crippen LogP contribution in [0, 0.1) is 75.4 Å². The van der Waals surface area contributed by atoms with Crippen LogP contribution in [0.25, 0.3) is 0 Å². The Morgan fingerprint density at radius 3 is 1.68 bits per heavy atom. The Labute approximate surface area is 442 Å². The lowest BCUT2D eigenvalue weighted by atomic mass is 9.52. The molecule has 420 valence electrons. The highest BCUT2D eigenvalue weighted by Gasteiger charge is 2.66. The van der Waals surface area contributed by atoms with E-state index in [0.717, 1.165) is 64.2 Å². The molecule has 15 nitrogen and oxygen atoms in total. The Morgan fingerprint density at radius 1 is 0.635 bits per heavy atom. The minimum absolute atomic E-state index is 0.0417. The zero-order valence-corrected chi connectivity index (χ0v) is 48.1. The maximum Gasteiger partial charge on any atom is 0.317 e. The van der Waals surface area contributed by atoms with Crippen molar-refractivity contribution >= 4 is 41.8 Å². The summed E-state index contributed by atoms with van der Waals surface area (Å²) in [5, 5.41) is 10.6. The summed E-state index contributed by atoms with van der Waals surface area (Å²) in [5.41, 5.74) is -2.98. The Balaban J connectivity index is 0.000000164. The predicted octanol–water partition coefficient (Wildman–Crippen LogP) is 10.2. The first kappa shape index (κ1) is 59.7. The average Bonchev–Trinajstić information content (AvgIpc) is 4.15. The minimum Gasteiger partial charge on any atom is -0.459 e. The summed E-state index contributed by atoms with van der Waals surface area (Å²) in [6.45, 7) is 33.1. The molecule has 0 spiro atoms. The zero-order valence-electron chi connectivity index (χ0n) is 48.1. The number of rotatable bonds is 14. The van der Waals surface area contributed by atoms with E-state index in [9.17, 15) is 38.7 Å². The van der Waals surface area contributed by atoms with Crippen LogP contribution in [-0.2, 0) is 66.7 Å². The molecule has 6 aliphatic carbocycles. The smallest absolute Gasteiger partial charge is 0.317 e. The maximum absolute atomic E-state index is 12.7. The monoisotopic (exact) mass is 1040 g/mol. The Bertz CT molecular complexity index is 2100. The van der Waals surface area contributed by atoms with Gasteiger partial charge >= 0.3 is 41.8 Å². The molecule has 0 amide bonds. The Morgan fingerprint density at radius 2 is 1.18 bits per heavy atom. The molecule has 10 rings (SSSR count). The molecule has 14 atom stereocenters. The molecular formula is C59H94O15.